The molecule has 0 bridgehead atoms. The van der Waals surface area contributed by atoms with E-state index in [2.05, 4.69) is 5.32 Å². The van der Waals surface area contributed by atoms with E-state index in [0.29, 0.717) is 33.8 Å². The van der Waals surface area contributed by atoms with Crippen LogP contribution in [0.1, 0.15) is 11.1 Å². The molecule has 0 spiro atoms. The number of ether oxygens (including phenoxy) is 1. The Hall–Kier alpha value is -2.39. The summed E-state index contributed by atoms with van der Waals surface area (Å²) in [6.07, 6.45) is 0. The van der Waals surface area contributed by atoms with E-state index in [1.54, 1.807) is 60.3 Å². The molecule has 3 aromatic rings. The SMILES string of the molecule is COc1ccccc1N(CC(=O)NCCSCc1ccc(Cl)cc1Cl)S(=O)(=O)c1ccc(C)cc1. The molecule has 1 N–H and O–H groups in total. The van der Waals surface area contributed by atoms with Crippen molar-refractivity contribution < 1.29 is 17.9 Å². The summed E-state index contributed by atoms with van der Waals surface area (Å²) in [6, 6.07) is 18.6. The number of thioether (sulfide) groups is 1. The average Bonchev–Trinajstić information content (AvgIpc) is 2.83. The van der Waals surface area contributed by atoms with Gasteiger partial charge in [0.2, 0.25) is 5.91 Å². The van der Waals surface area contributed by atoms with Gasteiger partial charge in [-0.3, -0.25) is 9.10 Å². The van der Waals surface area contributed by atoms with Crippen molar-refractivity contribution in [2.24, 2.45) is 0 Å². The standard InChI is InChI=1S/C25H26Cl2N2O4S2/c1-18-7-11-21(12-8-18)35(31,32)29(23-5-3-4-6-24(23)33-2)16-25(30)28-13-14-34-17-19-9-10-20(26)15-22(19)27/h3-12,15H,13-14,16-17H2,1-2H3,(H,28,30). The normalized spacial score (nSPS) is 11.2. The molecule has 0 saturated carbocycles. The van der Waals surface area contributed by atoms with Gasteiger partial charge < -0.3 is 10.1 Å². The fourth-order valence-electron chi connectivity index (χ4n) is 3.24. The molecule has 6 nitrogen and oxygen atoms in total. The third-order valence-electron chi connectivity index (χ3n) is 5.09. The van der Waals surface area contributed by atoms with Crippen molar-refractivity contribution in [1.29, 1.82) is 0 Å². The number of halogens is 2. The minimum Gasteiger partial charge on any atom is -0.495 e. The van der Waals surface area contributed by atoms with Crippen LogP contribution in [0.15, 0.2) is 71.6 Å². The van der Waals surface area contributed by atoms with E-state index < -0.39 is 15.9 Å². The summed E-state index contributed by atoms with van der Waals surface area (Å²) in [5, 5.41) is 3.98. The number of aryl methyl sites for hydroxylation is 1. The minimum atomic E-state index is -4.02. The zero-order valence-corrected chi connectivity index (χ0v) is 22.5. The smallest absolute Gasteiger partial charge is 0.264 e. The van der Waals surface area contributed by atoms with E-state index in [-0.39, 0.29) is 17.1 Å². The molecule has 10 heteroatoms. The maximum Gasteiger partial charge on any atom is 0.264 e. The Bertz CT molecular complexity index is 1270. The number of amides is 1. The van der Waals surface area contributed by atoms with Gasteiger partial charge in [-0.25, -0.2) is 8.42 Å². The maximum absolute atomic E-state index is 13.5. The molecule has 0 heterocycles. The quantitative estimate of drug-likeness (QED) is 0.315. The second kappa shape index (κ2) is 12.5. The van der Waals surface area contributed by atoms with Crippen molar-refractivity contribution in [2.75, 3.05) is 30.3 Å². The second-order valence-corrected chi connectivity index (χ2v) is 11.4. The van der Waals surface area contributed by atoms with Crippen molar-refractivity contribution in [1.82, 2.24) is 5.32 Å². The van der Waals surface area contributed by atoms with E-state index in [9.17, 15) is 13.2 Å². The maximum atomic E-state index is 13.5. The lowest BCUT2D eigenvalue weighted by atomic mass is 10.2. The molecule has 0 radical (unpaired) electrons. The Labute approximate surface area is 220 Å². The van der Waals surface area contributed by atoms with Crippen molar-refractivity contribution in [3.05, 3.63) is 87.9 Å². The number of carbonyl (C=O) groups excluding carboxylic acids is 1. The Kier molecular flexibility index (Phi) is 9.74. The molecule has 35 heavy (non-hydrogen) atoms. The summed E-state index contributed by atoms with van der Waals surface area (Å²) < 4.78 is 33.4. The molecule has 0 aliphatic heterocycles. The summed E-state index contributed by atoms with van der Waals surface area (Å²) in [4.78, 5) is 12.9. The molecule has 0 atom stereocenters. The van der Waals surface area contributed by atoms with Crippen LogP contribution in [0.4, 0.5) is 5.69 Å². The van der Waals surface area contributed by atoms with Crippen LogP contribution in [0.2, 0.25) is 10.0 Å². The summed E-state index contributed by atoms with van der Waals surface area (Å²) in [5.74, 6) is 1.23. The van der Waals surface area contributed by atoms with Crippen LogP contribution in [-0.4, -0.2) is 40.3 Å². The number of rotatable bonds is 11. The van der Waals surface area contributed by atoms with Crippen LogP contribution in [0, 0.1) is 6.92 Å². The van der Waals surface area contributed by atoms with Gasteiger partial charge in [-0.2, -0.15) is 11.8 Å². The van der Waals surface area contributed by atoms with E-state index in [4.69, 9.17) is 27.9 Å². The number of hydrogen-bond donors (Lipinski definition) is 1. The molecule has 186 valence electrons. The van der Waals surface area contributed by atoms with Crippen molar-refractivity contribution in [3.63, 3.8) is 0 Å². The zero-order chi connectivity index (χ0) is 25.4. The molecular formula is C25H26Cl2N2O4S2. The van der Waals surface area contributed by atoms with E-state index in [1.165, 1.54) is 19.2 Å². The molecule has 0 aliphatic carbocycles. The highest BCUT2D eigenvalue weighted by atomic mass is 35.5. The van der Waals surface area contributed by atoms with Gasteiger partial charge >= 0.3 is 0 Å². The monoisotopic (exact) mass is 552 g/mol. The van der Waals surface area contributed by atoms with Gasteiger partial charge in [0.25, 0.3) is 10.0 Å². The average molecular weight is 554 g/mol. The molecule has 1 amide bonds. The number of carbonyl (C=O) groups is 1. The number of para-hydroxylation sites is 2. The van der Waals surface area contributed by atoms with Gasteiger partial charge in [0.1, 0.15) is 12.3 Å². The number of anilines is 1. The van der Waals surface area contributed by atoms with E-state index >= 15 is 0 Å². The van der Waals surface area contributed by atoms with E-state index in [0.717, 1.165) is 15.4 Å². The van der Waals surface area contributed by atoms with Gasteiger partial charge in [0.05, 0.1) is 17.7 Å². The number of sulfonamides is 1. The molecule has 0 fully saturated rings. The number of methoxy groups -OCH3 is 1. The zero-order valence-electron chi connectivity index (χ0n) is 19.3. The molecular weight excluding hydrogens is 527 g/mol. The van der Waals surface area contributed by atoms with Gasteiger partial charge in [-0.15, -0.1) is 0 Å². The first kappa shape index (κ1) is 27.2. The van der Waals surface area contributed by atoms with Crippen LogP contribution in [0.25, 0.3) is 0 Å². The molecule has 0 aliphatic rings. The highest BCUT2D eigenvalue weighted by Crippen LogP contribution is 2.32. The fourth-order valence-corrected chi connectivity index (χ4v) is 6.09. The third-order valence-corrected chi connectivity index (χ3v) is 8.46. The highest BCUT2D eigenvalue weighted by Gasteiger charge is 2.29. The highest BCUT2D eigenvalue weighted by molar-refractivity contribution is 7.98. The number of benzene rings is 3. The van der Waals surface area contributed by atoms with Crippen molar-refractivity contribution in [3.8, 4) is 5.75 Å². The Morgan fingerprint density at radius 2 is 1.77 bits per heavy atom. The van der Waals surface area contributed by atoms with Gasteiger partial charge in [-0.1, -0.05) is 59.1 Å². The summed E-state index contributed by atoms with van der Waals surface area (Å²) in [6.45, 7) is 1.87. The molecule has 0 aromatic heterocycles. The minimum absolute atomic E-state index is 0.0946. The largest absolute Gasteiger partial charge is 0.495 e. The predicted molar refractivity (Wildman–Crippen MR) is 144 cm³/mol. The fraction of sp³-hybridized carbons (Fsp3) is 0.240. The van der Waals surface area contributed by atoms with Crippen LogP contribution >= 0.6 is 35.0 Å². The first-order valence-electron chi connectivity index (χ1n) is 10.7. The Morgan fingerprint density at radius 1 is 1.06 bits per heavy atom. The first-order valence-corrected chi connectivity index (χ1v) is 14.1. The summed E-state index contributed by atoms with van der Waals surface area (Å²) in [5.41, 5.74) is 2.18. The summed E-state index contributed by atoms with van der Waals surface area (Å²) >= 11 is 13.7. The third kappa shape index (κ3) is 7.30. The Balaban J connectivity index is 1.68. The van der Waals surface area contributed by atoms with Crippen LogP contribution in [0.5, 0.6) is 5.75 Å². The van der Waals surface area contributed by atoms with E-state index in [1.807, 2.05) is 13.0 Å². The van der Waals surface area contributed by atoms with Crippen LogP contribution < -0.4 is 14.4 Å². The van der Waals surface area contributed by atoms with Gasteiger partial charge in [-0.05, 0) is 48.9 Å². The second-order valence-electron chi connectivity index (χ2n) is 7.63. The number of hydrogen-bond acceptors (Lipinski definition) is 5. The predicted octanol–water partition coefficient (Wildman–Crippen LogP) is 5.56. The van der Waals surface area contributed by atoms with Crippen molar-refractivity contribution >= 4 is 56.6 Å². The number of nitrogens with zero attached hydrogens (tertiary/aromatic N) is 1. The van der Waals surface area contributed by atoms with Crippen LogP contribution in [0.3, 0.4) is 0 Å². The lowest BCUT2D eigenvalue weighted by molar-refractivity contribution is -0.119. The Morgan fingerprint density at radius 3 is 2.46 bits per heavy atom. The topological polar surface area (TPSA) is 75.7 Å². The van der Waals surface area contributed by atoms with Gasteiger partial charge in [0.15, 0.2) is 0 Å². The summed E-state index contributed by atoms with van der Waals surface area (Å²) in [7, 11) is -2.56. The molecule has 3 aromatic carbocycles. The molecule has 0 saturated heterocycles. The molecule has 3 rings (SSSR count). The molecule has 0 unspecified atom stereocenters. The van der Waals surface area contributed by atoms with Crippen LogP contribution in [-0.2, 0) is 20.6 Å². The lowest BCUT2D eigenvalue weighted by Crippen LogP contribution is -2.41. The van der Waals surface area contributed by atoms with Gasteiger partial charge in [0, 0.05) is 28.1 Å². The van der Waals surface area contributed by atoms with Crippen molar-refractivity contribution in [2.45, 2.75) is 17.6 Å². The number of nitrogens with one attached hydrogen (secondary N) is 1. The first-order chi connectivity index (χ1) is 16.7. The lowest BCUT2D eigenvalue weighted by Gasteiger charge is -2.25.